The highest BCUT2D eigenvalue weighted by atomic mass is 79.9. The van der Waals surface area contributed by atoms with Crippen LogP contribution in [0.25, 0.3) is 0 Å². The van der Waals surface area contributed by atoms with Crippen LogP contribution in [0.1, 0.15) is 25.8 Å². The lowest BCUT2D eigenvalue weighted by Crippen LogP contribution is -2.15. The SMILES string of the molecule is CCOc1cc(CC[C@@H](C)N)cc(Br)c1O. The van der Waals surface area contributed by atoms with E-state index in [-0.39, 0.29) is 11.8 Å². The maximum Gasteiger partial charge on any atom is 0.172 e. The summed E-state index contributed by atoms with van der Waals surface area (Å²) in [7, 11) is 0. The Labute approximate surface area is 105 Å². The molecule has 0 spiro atoms. The fourth-order valence-electron chi connectivity index (χ4n) is 1.43. The zero-order valence-electron chi connectivity index (χ0n) is 9.66. The van der Waals surface area contributed by atoms with Crippen molar-refractivity contribution in [1.82, 2.24) is 0 Å². The van der Waals surface area contributed by atoms with E-state index in [1.54, 1.807) is 0 Å². The smallest absolute Gasteiger partial charge is 0.172 e. The molecule has 0 fully saturated rings. The van der Waals surface area contributed by atoms with Crippen LogP contribution in [0.4, 0.5) is 0 Å². The lowest BCUT2D eigenvalue weighted by molar-refractivity contribution is 0.317. The molecular formula is C12H18BrNO2. The number of hydrogen-bond acceptors (Lipinski definition) is 3. The first kappa shape index (κ1) is 13.3. The van der Waals surface area contributed by atoms with E-state index < -0.39 is 0 Å². The second-order valence-corrected chi connectivity index (χ2v) is 4.73. The fourth-order valence-corrected chi connectivity index (χ4v) is 1.92. The van der Waals surface area contributed by atoms with Gasteiger partial charge in [0.25, 0.3) is 0 Å². The Kier molecular flexibility index (Phi) is 5.09. The van der Waals surface area contributed by atoms with Crippen LogP contribution in [-0.2, 0) is 6.42 Å². The third-order valence-electron chi connectivity index (χ3n) is 2.28. The molecule has 16 heavy (non-hydrogen) atoms. The van der Waals surface area contributed by atoms with Crippen LogP contribution in [0, 0.1) is 0 Å². The Morgan fingerprint density at radius 2 is 2.19 bits per heavy atom. The molecule has 0 aliphatic carbocycles. The quantitative estimate of drug-likeness (QED) is 0.876. The summed E-state index contributed by atoms with van der Waals surface area (Å²) >= 11 is 3.31. The summed E-state index contributed by atoms with van der Waals surface area (Å²) in [6.07, 6.45) is 1.80. The average Bonchev–Trinajstić information content (AvgIpc) is 2.22. The van der Waals surface area contributed by atoms with Crippen LogP contribution in [0.15, 0.2) is 16.6 Å². The van der Waals surface area contributed by atoms with Gasteiger partial charge in [-0.05, 0) is 60.3 Å². The highest BCUT2D eigenvalue weighted by Crippen LogP contribution is 2.35. The number of benzene rings is 1. The molecule has 0 unspecified atom stereocenters. The van der Waals surface area contributed by atoms with Gasteiger partial charge in [0.05, 0.1) is 11.1 Å². The van der Waals surface area contributed by atoms with Gasteiger partial charge in [0, 0.05) is 6.04 Å². The number of phenols is 1. The summed E-state index contributed by atoms with van der Waals surface area (Å²) in [5.74, 6) is 0.683. The first-order valence-corrected chi connectivity index (χ1v) is 6.23. The number of aryl methyl sites for hydroxylation is 1. The Bertz CT molecular complexity index is 353. The van der Waals surface area contributed by atoms with E-state index in [0.29, 0.717) is 16.8 Å². The molecule has 0 heterocycles. The molecule has 0 saturated carbocycles. The van der Waals surface area contributed by atoms with Crippen molar-refractivity contribution in [1.29, 1.82) is 0 Å². The molecule has 90 valence electrons. The topological polar surface area (TPSA) is 55.5 Å². The second kappa shape index (κ2) is 6.11. The molecule has 4 heteroatoms. The Balaban J connectivity index is 2.86. The molecule has 1 rings (SSSR count). The van der Waals surface area contributed by atoms with Crippen molar-refractivity contribution in [2.45, 2.75) is 32.7 Å². The van der Waals surface area contributed by atoms with E-state index in [1.165, 1.54) is 0 Å². The van der Waals surface area contributed by atoms with Gasteiger partial charge in [-0.3, -0.25) is 0 Å². The normalized spacial score (nSPS) is 12.5. The first-order valence-electron chi connectivity index (χ1n) is 5.44. The van der Waals surface area contributed by atoms with Gasteiger partial charge in [-0.25, -0.2) is 0 Å². The zero-order chi connectivity index (χ0) is 12.1. The van der Waals surface area contributed by atoms with Crippen molar-refractivity contribution in [3.63, 3.8) is 0 Å². The van der Waals surface area contributed by atoms with Crippen LogP contribution in [-0.4, -0.2) is 17.8 Å². The highest BCUT2D eigenvalue weighted by molar-refractivity contribution is 9.10. The molecule has 1 atom stereocenters. The second-order valence-electron chi connectivity index (χ2n) is 3.87. The monoisotopic (exact) mass is 287 g/mol. The number of ether oxygens (including phenoxy) is 1. The Morgan fingerprint density at radius 3 is 2.75 bits per heavy atom. The van der Waals surface area contributed by atoms with Crippen molar-refractivity contribution in [3.05, 3.63) is 22.2 Å². The third kappa shape index (κ3) is 3.68. The first-order chi connectivity index (χ1) is 7.54. The van der Waals surface area contributed by atoms with Gasteiger partial charge in [0.15, 0.2) is 11.5 Å². The van der Waals surface area contributed by atoms with Crippen LogP contribution >= 0.6 is 15.9 Å². The molecule has 0 radical (unpaired) electrons. The molecular weight excluding hydrogens is 270 g/mol. The Hall–Kier alpha value is -0.740. The fraction of sp³-hybridized carbons (Fsp3) is 0.500. The molecule has 3 N–H and O–H groups in total. The van der Waals surface area contributed by atoms with Crippen molar-refractivity contribution >= 4 is 15.9 Å². The standard InChI is InChI=1S/C12H18BrNO2/c1-3-16-11-7-9(5-4-8(2)14)6-10(13)12(11)15/h6-8,15H,3-5,14H2,1-2H3/t8-/m1/s1. The van der Waals surface area contributed by atoms with Gasteiger partial charge < -0.3 is 15.6 Å². The molecule has 3 nitrogen and oxygen atoms in total. The van der Waals surface area contributed by atoms with Crippen molar-refractivity contribution < 1.29 is 9.84 Å². The maximum atomic E-state index is 9.73. The minimum absolute atomic E-state index is 0.159. The molecule has 1 aromatic carbocycles. The number of halogens is 1. The summed E-state index contributed by atoms with van der Waals surface area (Å²) in [4.78, 5) is 0. The summed E-state index contributed by atoms with van der Waals surface area (Å²) in [6.45, 7) is 4.41. The minimum atomic E-state index is 0.159. The summed E-state index contributed by atoms with van der Waals surface area (Å²) in [5.41, 5.74) is 6.83. The summed E-state index contributed by atoms with van der Waals surface area (Å²) in [5, 5.41) is 9.73. The number of nitrogens with two attached hydrogens (primary N) is 1. The van der Waals surface area contributed by atoms with E-state index in [0.717, 1.165) is 18.4 Å². The summed E-state index contributed by atoms with van der Waals surface area (Å²) < 4.78 is 6.02. The number of hydrogen-bond donors (Lipinski definition) is 2. The molecule has 0 aromatic heterocycles. The van der Waals surface area contributed by atoms with Crippen LogP contribution in [0.3, 0.4) is 0 Å². The average molecular weight is 288 g/mol. The van der Waals surface area contributed by atoms with Crippen LogP contribution in [0.2, 0.25) is 0 Å². The van der Waals surface area contributed by atoms with Gasteiger partial charge >= 0.3 is 0 Å². The number of phenolic OH excluding ortho intramolecular Hbond substituents is 1. The van der Waals surface area contributed by atoms with E-state index in [4.69, 9.17) is 10.5 Å². The molecule has 1 aromatic rings. The van der Waals surface area contributed by atoms with E-state index >= 15 is 0 Å². The Morgan fingerprint density at radius 1 is 1.50 bits per heavy atom. The van der Waals surface area contributed by atoms with Gasteiger partial charge in [0.1, 0.15) is 0 Å². The predicted octanol–water partition coefficient (Wildman–Crippen LogP) is 2.83. The van der Waals surface area contributed by atoms with Crippen LogP contribution in [0.5, 0.6) is 11.5 Å². The van der Waals surface area contributed by atoms with Crippen molar-refractivity contribution in [2.75, 3.05) is 6.61 Å². The van der Waals surface area contributed by atoms with E-state index in [2.05, 4.69) is 15.9 Å². The number of aromatic hydroxyl groups is 1. The largest absolute Gasteiger partial charge is 0.503 e. The molecule has 0 bridgehead atoms. The van der Waals surface area contributed by atoms with Crippen molar-refractivity contribution in [2.24, 2.45) is 5.73 Å². The van der Waals surface area contributed by atoms with Gasteiger partial charge in [-0.15, -0.1) is 0 Å². The third-order valence-corrected chi connectivity index (χ3v) is 2.88. The molecule has 0 amide bonds. The molecule has 0 aliphatic heterocycles. The van der Waals surface area contributed by atoms with Gasteiger partial charge in [0.2, 0.25) is 0 Å². The summed E-state index contributed by atoms with van der Waals surface area (Å²) in [6, 6.07) is 3.95. The lowest BCUT2D eigenvalue weighted by atomic mass is 10.1. The highest BCUT2D eigenvalue weighted by Gasteiger charge is 2.09. The maximum absolute atomic E-state index is 9.73. The minimum Gasteiger partial charge on any atom is -0.503 e. The van der Waals surface area contributed by atoms with Crippen LogP contribution < -0.4 is 10.5 Å². The van der Waals surface area contributed by atoms with Crippen molar-refractivity contribution in [3.8, 4) is 11.5 Å². The van der Waals surface area contributed by atoms with Gasteiger partial charge in [-0.2, -0.15) is 0 Å². The predicted molar refractivity (Wildman–Crippen MR) is 68.9 cm³/mol. The molecule has 0 saturated heterocycles. The lowest BCUT2D eigenvalue weighted by Gasteiger charge is -2.11. The van der Waals surface area contributed by atoms with E-state index in [1.807, 2.05) is 26.0 Å². The number of rotatable bonds is 5. The zero-order valence-corrected chi connectivity index (χ0v) is 11.3. The van der Waals surface area contributed by atoms with E-state index in [9.17, 15) is 5.11 Å². The molecule has 0 aliphatic rings. The van der Waals surface area contributed by atoms with Gasteiger partial charge in [-0.1, -0.05) is 0 Å².